The van der Waals surface area contributed by atoms with Crippen molar-refractivity contribution in [2.45, 2.75) is 45.2 Å². The van der Waals surface area contributed by atoms with E-state index in [9.17, 15) is 53.9 Å². The summed E-state index contributed by atoms with van der Waals surface area (Å²) in [4.78, 5) is 76.7. The number of hydrogen-bond donors (Lipinski definition) is 3. The van der Waals surface area contributed by atoms with E-state index in [4.69, 9.17) is 19.3 Å². The molecule has 0 bridgehead atoms. The molecule has 0 spiro atoms. The van der Waals surface area contributed by atoms with Gasteiger partial charge in [-0.15, -0.1) is 0 Å². The average molecular weight is 1300 g/mol. The fraction of sp³-hybridized carbons (Fsp3) is 0.328. The Bertz CT molecular complexity index is 3940. The van der Waals surface area contributed by atoms with Gasteiger partial charge in [-0.3, -0.25) is 23.3 Å². The van der Waals surface area contributed by atoms with Gasteiger partial charge in [-0.25, -0.2) is 38.7 Å². The number of rotatable bonds is 22. The molecule has 31 heteroatoms. The number of hydrogen-bond acceptors (Lipinski definition) is 17. The molecule has 0 unspecified atom stereocenters. The molecule has 0 aliphatic heterocycles. The largest absolute Gasteiger partial charge is 0.496 e. The van der Waals surface area contributed by atoms with Gasteiger partial charge in [0.25, 0.3) is 10.1 Å². The predicted molar refractivity (Wildman–Crippen MR) is 340 cm³/mol. The van der Waals surface area contributed by atoms with Crippen LogP contribution in [-0.4, -0.2) is 174 Å². The number of halogens is 6. The van der Waals surface area contributed by atoms with Gasteiger partial charge in [-0.05, 0) is 88.9 Å². The lowest BCUT2D eigenvalue weighted by atomic mass is 10.1. The zero-order chi connectivity index (χ0) is 68.4. The average Bonchev–Trinajstić information content (AvgIpc) is 1.60. The molecule has 0 fully saturated rings. The minimum absolute atomic E-state index is 0.126. The van der Waals surface area contributed by atoms with Gasteiger partial charge in [0.1, 0.15) is 47.9 Å². The van der Waals surface area contributed by atoms with E-state index in [1.54, 1.807) is 54.6 Å². The summed E-state index contributed by atoms with van der Waals surface area (Å²) in [6.07, 6.45) is -2.94. The lowest BCUT2D eigenvalue weighted by Crippen LogP contribution is -2.29. The number of methoxy groups -OCH3 is 2. The van der Waals surface area contributed by atoms with Crippen LogP contribution < -0.4 is 41.3 Å². The minimum Gasteiger partial charge on any atom is -0.496 e. The molecule has 492 valence electrons. The van der Waals surface area contributed by atoms with Crippen LogP contribution in [0.3, 0.4) is 0 Å². The van der Waals surface area contributed by atoms with Crippen LogP contribution in [0, 0.1) is 11.3 Å². The Morgan fingerprint density at radius 2 is 0.957 bits per heavy atom. The molecule has 24 nitrogen and oxygen atoms in total. The Morgan fingerprint density at radius 3 is 1.25 bits per heavy atom. The maximum Gasteiger partial charge on any atom is 0.406 e. The highest BCUT2D eigenvalue weighted by atomic mass is 32.2. The highest BCUT2D eigenvalue weighted by Crippen LogP contribution is 2.37. The van der Waals surface area contributed by atoms with E-state index in [1.165, 1.54) is 70.0 Å². The van der Waals surface area contributed by atoms with Crippen LogP contribution in [0.5, 0.6) is 11.5 Å². The number of benzene rings is 4. The lowest BCUT2D eigenvalue weighted by molar-refractivity contribution is -0.141. The number of carbonyl (C=O) groups is 2. The van der Waals surface area contributed by atoms with Gasteiger partial charge in [0.05, 0.1) is 71.4 Å². The molecular weight excluding hydrogens is 1230 g/mol. The van der Waals surface area contributed by atoms with Crippen LogP contribution in [0.1, 0.15) is 29.7 Å². The monoisotopic (exact) mass is 1300 g/mol. The summed E-state index contributed by atoms with van der Waals surface area (Å²) in [7, 11) is 11.1. The van der Waals surface area contributed by atoms with Crippen molar-refractivity contribution in [1.29, 1.82) is 5.26 Å². The van der Waals surface area contributed by atoms with Crippen molar-refractivity contribution in [1.82, 2.24) is 48.0 Å². The zero-order valence-electron chi connectivity index (χ0n) is 52.2. The lowest BCUT2D eigenvalue weighted by Gasteiger charge is -2.25. The molecule has 2 amide bonds. The Balaban J connectivity index is 0.000000299. The number of likely N-dealkylation sites (N-methyl/N-ethyl adjacent to an activating group) is 4. The van der Waals surface area contributed by atoms with Gasteiger partial charge in [0, 0.05) is 95.7 Å². The minimum atomic E-state index is -4.59. The van der Waals surface area contributed by atoms with E-state index >= 15 is 0 Å². The SMILES string of the molecule is C=CC(=O)Nc1cc(Cc2nccc(-n3c(=O)n(CC(F)(F)F)c4ccccc43)n2)c(OC)cc1N(C)CCN(C)C.C=CC(=O)Nc1cc(Cc2nccc(-n3c(=O)n(CC(F)(F)F)c4ccccc43)n2)c(OC)cc1N(C)CCN(C)C.CC#N.CS(=O)(=O)O. The number of nitriles is 1. The maximum absolute atomic E-state index is 13.3. The first-order valence-corrected chi connectivity index (χ1v) is 29.5. The summed E-state index contributed by atoms with van der Waals surface area (Å²) in [5.74, 6) is 1.10. The van der Waals surface area contributed by atoms with Crippen LogP contribution >= 0.6 is 0 Å². The number of nitrogens with zero attached hydrogens (tertiary/aromatic N) is 13. The summed E-state index contributed by atoms with van der Waals surface area (Å²) in [5.41, 5.74) is 2.91. The number of fused-ring (bicyclic) bond motifs is 2. The molecule has 0 aliphatic rings. The second-order valence-electron chi connectivity index (χ2n) is 20.8. The zero-order valence-corrected chi connectivity index (χ0v) is 53.0. The molecule has 0 atom stereocenters. The molecular formula is C61H71F6N15O9S. The summed E-state index contributed by atoms with van der Waals surface area (Å²) in [6.45, 7) is 8.54. The fourth-order valence-corrected chi connectivity index (χ4v) is 9.08. The molecule has 4 aromatic carbocycles. The molecule has 92 heavy (non-hydrogen) atoms. The Morgan fingerprint density at radius 1 is 0.630 bits per heavy atom. The Kier molecular flexibility index (Phi) is 25.5. The van der Waals surface area contributed by atoms with Crippen LogP contribution in [-0.2, 0) is 45.6 Å². The number of para-hydroxylation sites is 4. The Labute approximate surface area is 526 Å². The number of carbonyl (C=O) groups excluding carboxylic acids is 2. The van der Waals surface area contributed by atoms with Crippen molar-refractivity contribution in [2.24, 2.45) is 0 Å². The van der Waals surface area contributed by atoms with E-state index in [0.717, 1.165) is 33.6 Å². The summed E-state index contributed by atoms with van der Waals surface area (Å²) < 4.78 is 121. The first kappa shape index (κ1) is 72.8. The van der Waals surface area contributed by atoms with E-state index in [2.05, 4.69) is 43.7 Å². The van der Waals surface area contributed by atoms with E-state index < -0.39 is 46.9 Å². The van der Waals surface area contributed by atoms with Crippen molar-refractivity contribution < 1.29 is 58.4 Å². The first-order chi connectivity index (χ1) is 43.2. The number of anilines is 4. The molecule has 8 aromatic rings. The molecule has 3 N–H and O–H groups in total. The van der Waals surface area contributed by atoms with Crippen LogP contribution in [0.2, 0.25) is 0 Å². The van der Waals surface area contributed by atoms with Crippen molar-refractivity contribution >= 4 is 66.7 Å². The molecule has 8 rings (SSSR count). The van der Waals surface area contributed by atoms with Gasteiger partial charge in [-0.1, -0.05) is 37.4 Å². The molecule has 0 radical (unpaired) electrons. The van der Waals surface area contributed by atoms with Crippen molar-refractivity contribution in [3.05, 3.63) is 166 Å². The summed E-state index contributed by atoms with van der Waals surface area (Å²) in [5, 5.41) is 13.0. The molecule has 4 heterocycles. The van der Waals surface area contributed by atoms with Gasteiger partial charge < -0.3 is 39.7 Å². The standard InChI is InChI=1S/2C29H32F3N7O3.C2H3N.CH4O3S/c2*1-6-27(40)34-20-15-19(24(42-5)17-23(20)37(4)14-13-36(2)3)16-25-33-12-11-26(35-25)39-22-10-8-7-9-21(22)38(28(39)41)18-29(30,31)32;1-2-3;1-5(2,3)4/h2*6-12,15,17H,1,13-14,16,18H2,2-5H3,(H,34,40);1H3;1H3,(H,2,3,4). The summed E-state index contributed by atoms with van der Waals surface area (Å²) >= 11 is 0. The van der Waals surface area contributed by atoms with Gasteiger partial charge in [0.15, 0.2) is 0 Å². The normalized spacial score (nSPS) is 11.3. The first-order valence-electron chi connectivity index (χ1n) is 27.7. The number of imidazole rings is 2. The van der Waals surface area contributed by atoms with Gasteiger partial charge in [-0.2, -0.15) is 40.0 Å². The van der Waals surface area contributed by atoms with Crippen LogP contribution in [0.15, 0.2) is 132 Å². The molecule has 0 saturated heterocycles. The van der Waals surface area contributed by atoms with Crippen molar-refractivity contribution in [2.75, 3.05) is 109 Å². The van der Waals surface area contributed by atoms with E-state index in [1.807, 2.05) is 74.0 Å². The van der Waals surface area contributed by atoms with Crippen molar-refractivity contribution in [3.8, 4) is 29.2 Å². The fourth-order valence-electron chi connectivity index (χ4n) is 9.08. The number of aromatic nitrogens is 8. The quantitative estimate of drug-likeness (QED) is 0.0332. The smallest absolute Gasteiger partial charge is 0.406 e. The molecule has 4 aromatic heterocycles. The van der Waals surface area contributed by atoms with Crippen LogP contribution in [0.25, 0.3) is 33.7 Å². The predicted octanol–water partition coefficient (Wildman–Crippen LogP) is 7.77. The van der Waals surface area contributed by atoms with Crippen LogP contribution in [0.4, 0.5) is 49.1 Å². The van der Waals surface area contributed by atoms with Crippen molar-refractivity contribution in [3.63, 3.8) is 0 Å². The van der Waals surface area contributed by atoms with E-state index in [-0.39, 0.29) is 58.4 Å². The maximum atomic E-state index is 13.3. The van der Waals surface area contributed by atoms with Gasteiger partial charge >= 0.3 is 23.7 Å². The molecule has 0 saturated carbocycles. The third kappa shape index (κ3) is 20.6. The second-order valence-corrected chi connectivity index (χ2v) is 22.3. The number of nitrogens with one attached hydrogen (secondary N) is 2. The highest BCUT2D eigenvalue weighted by molar-refractivity contribution is 7.85. The third-order valence-corrected chi connectivity index (χ3v) is 13.2. The second kappa shape index (κ2) is 32.2. The van der Waals surface area contributed by atoms with Gasteiger partial charge in [0.2, 0.25) is 11.8 Å². The highest BCUT2D eigenvalue weighted by Gasteiger charge is 2.33. The number of ether oxygens (including phenoxy) is 2. The topological polar surface area (TPSA) is 273 Å². The number of alkyl halides is 6. The number of amides is 2. The summed E-state index contributed by atoms with van der Waals surface area (Å²) in [6, 6.07) is 24.3. The third-order valence-electron chi connectivity index (χ3n) is 13.2. The van der Waals surface area contributed by atoms with E-state index in [0.29, 0.717) is 74.1 Å². The Hall–Kier alpha value is -9.90. The molecule has 0 aliphatic carbocycles.